The van der Waals surface area contributed by atoms with E-state index in [0.717, 1.165) is 17.7 Å². The minimum atomic E-state index is 0.988. The monoisotopic (exact) mass is 323 g/mol. The second-order valence-corrected chi connectivity index (χ2v) is 6.08. The van der Waals surface area contributed by atoms with Crippen molar-refractivity contribution in [3.63, 3.8) is 0 Å². The van der Waals surface area contributed by atoms with Gasteiger partial charge in [0, 0.05) is 5.56 Å². The van der Waals surface area contributed by atoms with E-state index in [4.69, 9.17) is 12.2 Å². The molecule has 0 fully saturated rings. The lowest BCUT2D eigenvalue weighted by Crippen LogP contribution is -1.90. The summed E-state index contributed by atoms with van der Waals surface area (Å²) in [5.41, 5.74) is 4.59. The van der Waals surface area contributed by atoms with E-state index in [0.29, 0.717) is 0 Å². The van der Waals surface area contributed by atoms with Crippen molar-refractivity contribution in [1.82, 2.24) is 0 Å². The van der Waals surface area contributed by atoms with Crippen LogP contribution in [0.25, 0.3) is 11.1 Å². The standard InChI is InChI=1S/C21H25NS/c1-2-3-4-5-6-8-14-19-15-11-16-20(21(19)22-17-23)18-12-9-7-10-13-18/h7,9-13,15-16H,2-6,8,14H2,1H3. The first-order chi connectivity index (χ1) is 11.4. The van der Waals surface area contributed by atoms with Crippen LogP contribution >= 0.6 is 12.2 Å². The van der Waals surface area contributed by atoms with Crippen molar-refractivity contribution in [3.05, 3.63) is 54.1 Å². The van der Waals surface area contributed by atoms with Crippen LogP contribution in [0.5, 0.6) is 0 Å². The lowest BCUT2D eigenvalue weighted by Gasteiger charge is -2.11. The third-order valence-corrected chi connectivity index (χ3v) is 4.25. The number of aliphatic imine (C=N–C) groups is 1. The van der Waals surface area contributed by atoms with E-state index in [1.54, 1.807) is 0 Å². The molecule has 0 spiro atoms. The number of rotatable bonds is 9. The average molecular weight is 324 g/mol. The summed E-state index contributed by atoms with van der Waals surface area (Å²) in [4.78, 5) is 4.38. The molecule has 2 aromatic rings. The number of aryl methyl sites for hydroxylation is 1. The summed E-state index contributed by atoms with van der Waals surface area (Å²) in [7, 11) is 0. The molecule has 23 heavy (non-hydrogen) atoms. The molecule has 1 nitrogen and oxygen atoms in total. The lowest BCUT2D eigenvalue weighted by molar-refractivity contribution is 0.608. The molecule has 2 heteroatoms. The number of hydrogen-bond acceptors (Lipinski definition) is 2. The summed E-state index contributed by atoms with van der Waals surface area (Å²) in [6.45, 7) is 2.25. The molecule has 0 aliphatic heterocycles. The van der Waals surface area contributed by atoms with Crippen LogP contribution in [0.2, 0.25) is 0 Å². The Hall–Kier alpha value is -1.76. The largest absolute Gasteiger partial charge is 0.194 e. The van der Waals surface area contributed by atoms with Crippen LogP contribution in [-0.2, 0) is 6.42 Å². The van der Waals surface area contributed by atoms with Gasteiger partial charge >= 0.3 is 0 Å². The number of unbranched alkanes of at least 4 members (excludes halogenated alkanes) is 5. The molecule has 0 N–H and O–H groups in total. The maximum absolute atomic E-state index is 4.87. The van der Waals surface area contributed by atoms with Gasteiger partial charge in [-0.05, 0) is 36.2 Å². The second kappa shape index (κ2) is 10.1. The lowest BCUT2D eigenvalue weighted by atomic mass is 9.97. The van der Waals surface area contributed by atoms with Crippen molar-refractivity contribution >= 4 is 23.1 Å². The minimum Gasteiger partial charge on any atom is -0.194 e. The zero-order valence-electron chi connectivity index (χ0n) is 13.9. The third-order valence-electron chi connectivity index (χ3n) is 4.16. The Bertz CT molecular complexity index is 642. The Morgan fingerprint density at radius 1 is 0.870 bits per heavy atom. The molecule has 2 rings (SSSR count). The predicted octanol–water partition coefficient (Wildman–Crippen LogP) is 6.99. The first-order valence-electron chi connectivity index (χ1n) is 8.62. The molecule has 0 aliphatic rings. The molecule has 0 saturated carbocycles. The van der Waals surface area contributed by atoms with Gasteiger partial charge in [-0.2, -0.15) is 4.99 Å². The molecular formula is C21H25NS. The van der Waals surface area contributed by atoms with Crippen LogP contribution in [0.15, 0.2) is 53.5 Å². The number of benzene rings is 2. The van der Waals surface area contributed by atoms with Gasteiger partial charge in [0.15, 0.2) is 0 Å². The third kappa shape index (κ3) is 5.42. The van der Waals surface area contributed by atoms with Crippen LogP contribution in [0.3, 0.4) is 0 Å². The smallest absolute Gasteiger partial charge is 0.0849 e. The van der Waals surface area contributed by atoms with Gasteiger partial charge in [-0.1, -0.05) is 87.6 Å². The number of isothiocyanates is 1. The highest BCUT2D eigenvalue weighted by Gasteiger charge is 2.09. The van der Waals surface area contributed by atoms with E-state index in [1.807, 2.05) is 6.07 Å². The Morgan fingerprint density at radius 2 is 1.61 bits per heavy atom. The quantitative estimate of drug-likeness (QED) is 0.275. The number of para-hydroxylation sites is 1. The molecule has 0 saturated heterocycles. The van der Waals surface area contributed by atoms with Crippen molar-refractivity contribution in [1.29, 1.82) is 0 Å². The summed E-state index contributed by atoms with van der Waals surface area (Å²) in [6, 6.07) is 16.8. The Balaban J connectivity index is 2.12. The fourth-order valence-electron chi connectivity index (χ4n) is 2.92. The van der Waals surface area contributed by atoms with E-state index in [-0.39, 0.29) is 0 Å². The fraction of sp³-hybridized carbons (Fsp3) is 0.381. The molecule has 2 aromatic carbocycles. The summed E-state index contributed by atoms with van der Waals surface area (Å²) in [6.07, 6.45) is 8.89. The Kier molecular flexibility index (Phi) is 7.72. The van der Waals surface area contributed by atoms with Crippen molar-refractivity contribution in [2.75, 3.05) is 0 Å². The summed E-state index contributed by atoms with van der Waals surface area (Å²) in [5, 5.41) is 2.56. The van der Waals surface area contributed by atoms with Gasteiger partial charge in [0.2, 0.25) is 0 Å². The molecule has 0 amide bonds. The van der Waals surface area contributed by atoms with Gasteiger partial charge in [-0.15, -0.1) is 0 Å². The highest BCUT2D eigenvalue weighted by molar-refractivity contribution is 7.78. The molecule has 0 atom stereocenters. The highest BCUT2D eigenvalue weighted by atomic mass is 32.1. The van der Waals surface area contributed by atoms with E-state index in [1.165, 1.54) is 49.7 Å². The zero-order valence-corrected chi connectivity index (χ0v) is 14.7. The highest BCUT2D eigenvalue weighted by Crippen LogP contribution is 2.34. The van der Waals surface area contributed by atoms with Crippen LogP contribution < -0.4 is 0 Å². The molecule has 0 aliphatic carbocycles. The molecule has 0 radical (unpaired) electrons. The van der Waals surface area contributed by atoms with Crippen LogP contribution in [0.1, 0.15) is 51.0 Å². The number of hydrogen-bond donors (Lipinski definition) is 0. The molecule has 0 unspecified atom stereocenters. The summed E-state index contributed by atoms with van der Waals surface area (Å²) in [5.74, 6) is 0. The molecule has 0 heterocycles. The van der Waals surface area contributed by atoms with Crippen LogP contribution in [-0.4, -0.2) is 5.16 Å². The first kappa shape index (κ1) is 17.6. The van der Waals surface area contributed by atoms with Crippen molar-refractivity contribution in [2.45, 2.75) is 51.9 Å². The Morgan fingerprint density at radius 3 is 2.35 bits per heavy atom. The number of thiocarbonyl (C=S) groups is 1. The van der Waals surface area contributed by atoms with E-state index in [9.17, 15) is 0 Å². The molecule has 120 valence electrons. The minimum absolute atomic E-state index is 0.988. The van der Waals surface area contributed by atoms with Crippen LogP contribution in [0.4, 0.5) is 5.69 Å². The number of nitrogens with zero attached hydrogens (tertiary/aromatic N) is 1. The fourth-order valence-corrected chi connectivity index (χ4v) is 3.01. The van der Waals surface area contributed by atoms with E-state index in [2.05, 4.69) is 59.5 Å². The van der Waals surface area contributed by atoms with Crippen LogP contribution in [0, 0.1) is 0 Å². The van der Waals surface area contributed by atoms with Crippen molar-refractivity contribution < 1.29 is 0 Å². The maximum atomic E-state index is 4.87. The second-order valence-electron chi connectivity index (χ2n) is 5.90. The van der Waals surface area contributed by atoms with Crippen molar-refractivity contribution in [2.24, 2.45) is 4.99 Å². The van der Waals surface area contributed by atoms with Gasteiger partial charge < -0.3 is 0 Å². The zero-order chi connectivity index (χ0) is 16.3. The van der Waals surface area contributed by atoms with Gasteiger partial charge in [0.05, 0.1) is 10.8 Å². The predicted molar refractivity (Wildman–Crippen MR) is 104 cm³/mol. The van der Waals surface area contributed by atoms with Gasteiger partial charge in [-0.3, -0.25) is 0 Å². The summed E-state index contributed by atoms with van der Waals surface area (Å²) < 4.78 is 0. The van der Waals surface area contributed by atoms with E-state index >= 15 is 0 Å². The first-order valence-corrected chi connectivity index (χ1v) is 9.02. The average Bonchev–Trinajstić information content (AvgIpc) is 2.60. The maximum Gasteiger partial charge on any atom is 0.0849 e. The normalized spacial score (nSPS) is 10.3. The topological polar surface area (TPSA) is 12.4 Å². The van der Waals surface area contributed by atoms with E-state index < -0.39 is 0 Å². The molecule has 0 bridgehead atoms. The van der Waals surface area contributed by atoms with Crippen molar-refractivity contribution in [3.8, 4) is 11.1 Å². The van der Waals surface area contributed by atoms with Gasteiger partial charge in [-0.25, -0.2) is 0 Å². The molecular weight excluding hydrogens is 298 g/mol. The SMILES string of the molecule is CCCCCCCCc1cccc(-c2ccccc2)c1N=C=S. The Labute approximate surface area is 145 Å². The summed E-state index contributed by atoms with van der Waals surface area (Å²) >= 11 is 4.87. The van der Waals surface area contributed by atoms with Gasteiger partial charge in [0.1, 0.15) is 0 Å². The molecule has 0 aromatic heterocycles. The van der Waals surface area contributed by atoms with Gasteiger partial charge in [0.25, 0.3) is 0 Å².